The molecule has 2 rings (SSSR count). The quantitative estimate of drug-likeness (QED) is 0.837. The molecule has 1 aromatic heterocycles. The summed E-state index contributed by atoms with van der Waals surface area (Å²) in [4.78, 5) is 14.1. The summed E-state index contributed by atoms with van der Waals surface area (Å²) in [6.45, 7) is 6.05. The van der Waals surface area contributed by atoms with Crippen LogP contribution in [0.5, 0.6) is 0 Å². The molecular formula is C15H18N2OS. The van der Waals surface area contributed by atoms with Crippen LogP contribution < -0.4 is 11.1 Å². The summed E-state index contributed by atoms with van der Waals surface area (Å²) in [7, 11) is 0. The van der Waals surface area contributed by atoms with Crippen molar-refractivity contribution < 1.29 is 4.79 Å². The highest BCUT2D eigenvalue weighted by molar-refractivity contribution is 7.14. The Bertz CT molecular complexity index is 617. The van der Waals surface area contributed by atoms with Crippen LogP contribution in [-0.4, -0.2) is 5.91 Å². The molecule has 0 fully saturated rings. The van der Waals surface area contributed by atoms with Gasteiger partial charge in [-0.3, -0.25) is 4.79 Å². The second-order valence-electron chi connectivity index (χ2n) is 4.55. The van der Waals surface area contributed by atoms with E-state index in [4.69, 9.17) is 5.73 Å². The number of carbonyl (C=O) groups is 1. The maximum atomic E-state index is 12.2. The van der Waals surface area contributed by atoms with Crippen molar-refractivity contribution in [3.05, 3.63) is 45.1 Å². The lowest BCUT2D eigenvalue weighted by atomic mass is 10.1. The Morgan fingerprint density at radius 1 is 1.26 bits per heavy atom. The van der Waals surface area contributed by atoms with E-state index >= 15 is 0 Å². The molecular weight excluding hydrogens is 256 g/mol. The van der Waals surface area contributed by atoms with Gasteiger partial charge in [0.1, 0.15) is 0 Å². The van der Waals surface area contributed by atoms with Gasteiger partial charge in [-0.1, -0.05) is 13.0 Å². The van der Waals surface area contributed by atoms with Gasteiger partial charge in [-0.25, -0.2) is 0 Å². The fraction of sp³-hybridized carbons (Fsp3) is 0.267. The number of nitrogen functional groups attached to an aromatic ring is 1. The first kappa shape index (κ1) is 13.6. The van der Waals surface area contributed by atoms with Crippen molar-refractivity contribution in [1.29, 1.82) is 0 Å². The third kappa shape index (κ3) is 2.79. The number of anilines is 2. The Hall–Kier alpha value is -1.81. The topological polar surface area (TPSA) is 55.1 Å². The third-order valence-electron chi connectivity index (χ3n) is 3.24. The van der Waals surface area contributed by atoms with Crippen molar-refractivity contribution in [2.45, 2.75) is 27.2 Å². The Morgan fingerprint density at radius 2 is 2.00 bits per heavy atom. The van der Waals surface area contributed by atoms with Crippen molar-refractivity contribution in [3.8, 4) is 0 Å². The van der Waals surface area contributed by atoms with Crippen molar-refractivity contribution in [2.24, 2.45) is 0 Å². The van der Waals surface area contributed by atoms with Gasteiger partial charge in [0.15, 0.2) is 0 Å². The van der Waals surface area contributed by atoms with Gasteiger partial charge < -0.3 is 11.1 Å². The highest BCUT2D eigenvalue weighted by Crippen LogP contribution is 2.27. The first-order valence-electron chi connectivity index (χ1n) is 6.28. The minimum Gasteiger partial charge on any atom is -0.397 e. The predicted molar refractivity (Wildman–Crippen MR) is 82.0 cm³/mol. The summed E-state index contributed by atoms with van der Waals surface area (Å²) in [5.41, 5.74) is 9.39. The standard InChI is InChI=1S/C15H18N2OS/c1-4-11-6-8-13(19-11)15(18)17-14-10(3)9(2)5-7-12(14)16/h5-8H,4,16H2,1-3H3,(H,17,18). The van der Waals surface area contributed by atoms with Gasteiger partial charge in [-0.05, 0) is 49.6 Å². The van der Waals surface area contributed by atoms with E-state index in [9.17, 15) is 4.79 Å². The number of carbonyl (C=O) groups excluding carboxylic acids is 1. The number of aryl methyl sites for hydroxylation is 2. The van der Waals surface area contributed by atoms with Crippen molar-refractivity contribution in [1.82, 2.24) is 0 Å². The molecule has 4 heteroatoms. The lowest BCUT2D eigenvalue weighted by Crippen LogP contribution is -2.13. The molecule has 2 aromatic rings. The smallest absolute Gasteiger partial charge is 0.265 e. The molecule has 0 saturated heterocycles. The molecule has 0 aliphatic rings. The Morgan fingerprint density at radius 3 is 2.63 bits per heavy atom. The first-order valence-corrected chi connectivity index (χ1v) is 7.10. The van der Waals surface area contributed by atoms with Gasteiger partial charge in [0.25, 0.3) is 5.91 Å². The second-order valence-corrected chi connectivity index (χ2v) is 5.71. The van der Waals surface area contributed by atoms with Crippen LogP contribution in [0.15, 0.2) is 24.3 Å². The summed E-state index contributed by atoms with van der Waals surface area (Å²) < 4.78 is 0. The van der Waals surface area contributed by atoms with Gasteiger partial charge in [-0.2, -0.15) is 0 Å². The second kappa shape index (κ2) is 5.45. The molecule has 0 radical (unpaired) electrons. The molecule has 1 amide bonds. The molecule has 0 aliphatic heterocycles. The summed E-state index contributed by atoms with van der Waals surface area (Å²) in [5, 5.41) is 2.92. The van der Waals surface area contributed by atoms with Crippen molar-refractivity contribution >= 4 is 28.6 Å². The largest absolute Gasteiger partial charge is 0.397 e. The lowest BCUT2D eigenvalue weighted by molar-refractivity contribution is 0.103. The van der Waals surface area contributed by atoms with Gasteiger partial charge >= 0.3 is 0 Å². The normalized spacial score (nSPS) is 10.5. The molecule has 0 saturated carbocycles. The van der Waals surface area contributed by atoms with Crippen LogP contribution in [0.4, 0.5) is 11.4 Å². The monoisotopic (exact) mass is 274 g/mol. The zero-order valence-electron chi connectivity index (χ0n) is 11.4. The number of hydrogen-bond acceptors (Lipinski definition) is 3. The van der Waals surface area contributed by atoms with Crippen LogP contribution in [0.2, 0.25) is 0 Å². The van der Waals surface area contributed by atoms with Gasteiger partial charge in [0.2, 0.25) is 0 Å². The fourth-order valence-electron chi connectivity index (χ4n) is 1.87. The maximum Gasteiger partial charge on any atom is 0.265 e. The molecule has 3 N–H and O–H groups in total. The zero-order chi connectivity index (χ0) is 14.0. The van der Waals surface area contributed by atoms with Gasteiger partial charge in [0, 0.05) is 4.88 Å². The molecule has 0 unspecified atom stereocenters. The molecule has 1 heterocycles. The van der Waals surface area contributed by atoms with E-state index in [-0.39, 0.29) is 5.91 Å². The van der Waals surface area contributed by atoms with E-state index in [2.05, 4.69) is 12.2 Å². The van der Waals surface area contributed by atoms with Crippen molar-refractivity contribution in [2.75, 3.05) is 11.1 Å². The molecule has 1 aromatic carbocycles. The minimum atomic E-state index is -0.0925. The molecule has 19 heavy (non-hydrogen) atoms. The SMILES string of the molecule is CCc1ccc(C(=O)Nc2c(N)ccc(C)c2C)s1. The maximum absolute atomic E-state index is 12.2. The van der Waals surface area contributed by atoms with E-state index in [1.54, 1.807) is 0 Å². The number of benzene rings is 1. The number of amides is 1. The summed E-state index contributed by atoms with van der Waals surface area (Å²) in [6.07, 6.45) is 0.948. The van der Waals surface area contributed by atoms with E-state index in [0.29, 0.717) is 5.69 Å². The van der Waals surface area contributed by atoms with Gasteiger partial charge in [-0.15, -0.1) is 11.3 Å². The number of nitrogens with one attached hydrogen (secondary N) is 1. The fourth-order valence-corrected chi connectivity index (χ4v) is 2.71. The lowest BCUT2D eigenvalue weighted by Gasteiger charge is -2.12. The Kier molecular flexibility index (Phi) is 3.90. The third-order valence-corrected chi connectivity index (χ3v) is 4.47. The Labute approximate surface area is 117 Å². The molecule has 0 spiro atoms. The number of hydrogen-bond donors (Lipinski definition) is 2. The first-order chi connectivity index (χ1) is 9.02. The zero-order valence-corrected chi connectivity index (χ0v) is 12.2. The van der Waals surface area contributed by atoms with E-state index in [0.717, 1.165) is 28.1 Å². The average Bonchev–Trinajstić information content (AvgIpc) is 2.88. The van der Waals surface area contributed by atoms with Crippen LogP contribution >= 0.6 is 11.3 Å². The van der Waals surface area contributed by atoms with Crippen LogP contribution in [0, 0.1) is 13.8 Å². The number of rotatable bonds is 3. The van der Waals surface area contributed by atoms with Crippen molar-refractivity contribution in [3.63, 3.8) is 0 Å². The Balaban J connectivity index is 2.26. The minimum absolute atomic E-state index is 0.0925. The number of thiophene rings is 1. The van der Waals surface area contributed by atoms with Crippen LogP contribution in [0.25, 0.3) is 0 Å². The summed E-state index contributed by atoms with van der Waals surface area (Å²) >= 11 is 1.52. The van der Waals surface area contributed by atoms with Crippen LogP contribution in [0.1, 0.15) is 32.6 Å². The molecule has 0 bridgehead atoms. The molecule has 3 nitrogen and oxygen atoms in total. The summed E-state index contributed by atoms with van der Waals surface area (Å²) in [6, 6.07) is 7.64. The predicted octanol–water partition coefficient (Wildman–Crippen LogP) is 3.76. The molecule has 100 valence electrons. The average molecular weight is 274 g/mol. The molecule has 0 aliphatic carbocycles. The molecule has 0 atom stereocenters. The van der Waals surface area contributed by atoms with Crippen LogP contribution in [-0.2, 0) is 6.42 Å². The van der Waals surface area contributed by atoms with E-state index in [1.165, 1.54) is 16.2 Å². The highest BCUT2D eigenvalue weighted by Gasteiger charge is 2.13. The van der Waals surface area contributed by atoms with Crippen LogP contribution in [0.3, 0.4) is 0 Å². The van der Waals surface area contributed by atoms with Gasteiger partial charge in [0.05, 0.1) is 16.3 Å². The van der Waals surface area contributed by atoms with E-state index in [1.807, 2.05) is 38.1 Å². The summed E-state index contributed by atoms with van der Waals surface area (Å²) in [5.74, 6) is -0.0925. The number of nitrogens with two attached hydrogens (primary N) is 1. The highest BCUT2D eigenvalue weighted by atomic mass is 32.1. The van der Waals surface area contributed by atoms with E-state index < -0.39 is 0 Å².